The van der Waals surface area contributed by atoms with Crippen molar-refractivity contribution in [2.75, 3.05) is 12.4 Å². The smallest absolute Gasteiger partial charge is 0.337 e. The maximum Gasteiger partial charge on any atom is 0.337 e. The Morgan fingerprint density at radius 1 is 1.03 bits per heavy atom. The Labute approximate surface area is 230 Å². The van der Waals surface area contributed by atoms with Crippen LogP contribution in [-0.2, 0) is 17.8 Å². The molecule has 11 heteroatoms. The second-order valence-corrected chi connectivity index (χ2v) is 9.56. The van der Waals surface area contributed by atoms with E-state index >= 15 is 0 Å². The van der Waals surface area contributed by atoms with Crippen molar-refractivity contribution < 1.29 is 28.2 Å². The van der Waals surface area contributed by atoms with Gasteiger partial charge in [-0.25, -0.2) is 23.7 Å². The number of halogens is 2. The van der Waals surface area contributed by atoms with Crippen LogP contribution in [0.2, 0.25) is 5.02 Å². The molecule has 39 heavy (non-hydrogen) atoms. The summed E-state index contributed by atoms with van der Waals surface area (Å²) >= 11 is 6.02. The van der Waals surface area contributed by atoms with Crippen LogP contribution >= 0.6 is 11.6 Å². The van der Waals surface area contributed by atoms with Gasteiger partial charge in [0.15, 0.2) is 17.9 Å². The Kier molecular flexibility index (Phi) is 8.55. The molecule has 0 bridgehead atoms. The summed E-state index contributed by atoms with van der Waals surface area (Å²) in [4.78, 5) is 40.9. The van der Waals surface area contributed by atoms with Gasteiger partial charge in [-0.2, -0.15) is 0 Å². The van der Waals surface area contributed by atoms with Crippen LogP contribution in [0.5, 0.6) is 5.75 Å². The SMILES string of the molecule is COC(=O)c1ccc(CN2C(=O)NC(Nc3ccc(OC(C)C)c(F)c3)N(Cc3ccc(Cl)cc3)C2=O)cc1. The van der Waals surface area contributed by atoms with E-state index in [4.69, 9.17) is 21.1 Å². The Morgan fingerprint density at radius 3 is 2.28 bits per heavy atom. The average Bonchev–Trinajstić information content (AvgIpc) is 2.91. The molecular weight excluding hydrogens is 527 g/mol. The molecule has 1 aliphatic rings. The molecule has 0 aromatic heterocycles. The molecule has 3 aromatic rings. The first kappa shape index (κ1) is 27.7. The molecule has 2 N–H and O–H groups in total. The van der Waals surface area contributed by atoms with Crippen LogP contribution in [0.3, 0.4) is 0 Å². The molecule has 0 radical (unpaired) electrons. The summed E-state index contributed by atoms with van der Waals surface area (Å²) in [6.07, 6.45) is -1.18. The van der Waals surface area contributed by atoms with Gasteiger partial charge in [-0.3, -0.25) is 10.2 Å². The van der Waals surface area contributed by atoms with Crippen LogP contribution in [0, 0.1) is 5.82 Å². The molecule has 0 saturated carbocycles. The molecule has 1 heterocycles. The minimum absolute atomic E-state index is 0.0359. The number of hydrogen-bond donors (Lipinski definition) is 2. The summed E-state index contributed by atoms with van der Waals surface area (Å²) in [6, 6.07) is 16.5. The summed E-state index contributed by atoms with van der Waals surface area (Å²) in [7, 11) is 1.29. The van der Waals surface area contributed by atoms with Gasteiger partial charge >= 0.3 is 18.0 Å². The number of amides is 4. The maximum absolute atomic E-state index is 14.6. The summed E-state index contributed by atoms with van der Waals surface area (Å²) in [6.45, 7) is 3.68. The van der Waals surface area contributed by atoms with E-state index in [1.54, 1.807) is 68.4 Å². The highest BCUT2D eigenvalue weighted by molar-refractivity contribution is 6.30. The molecular formula is C28H28ClFN4O5. The molecule has 0 aliphatic carbocycles. The quantitative estimate of drug-likeness (QED) is 0.334. The molecule has 3 aromatic carbocycles. The second kappa shape index (κ2) is 12.0. The van der Waals surface area contributed by atoms with Gasteiger partial charge in [0, 0.05) is 16.8 Å². The van der Waals surface area contributed by atoms with Crippen LogP contribution in [0.4, 0.5) is 19.7 Å². The highest BCUT2D eigenvalue weighted by Gasteiger charge is 2.38. The van der Waals surface area contributed by atoms with E-state index in [9.17, 15) is 18.8 Å². The predicted molar refractivity (Wildman–Crippen MR) is 144 cm³/mol. The number of benzene rings is 3. The van der Waals surface area contributed by atoms with Gasteiger partial charge in [-0.05, 0) is 61.4 Å². The molecule has 1 saturated heterocycles. The highest BCUT2D eigenvalue weighted by Crippen LogP contribution is 2.25. The van der Waals surface area contributed by atoms with Crippen LogP contribution in [0.25, 0.3) is 0 Å². The number of ether oxygens (including phenoxy) is 2. The Bertz CT molecular complexity index is 1350. The van der Waals surface area contributed by atoms with Gasteiger partial charge in [0.2, 0.25) is 0 Å². The normalized spacial score (nSPS) is 15.3. The van der Waals surface area contributed by atoms with E-state index in [1.165, 1.54) is 24.1 Å². The number of anilines is 1. The highest BCUT2D eigenvalue weighted by atomic mass is 35.5. The number of nitrogens with zero attached hydrogens (tertiary/aromatic N) is 2. The van der Waals surface area contributed by atoms with Crippen molar-refractivity contribution in [3.63, 3.8) is 0 Å². The molecule has 4 amide bonds. The lowest BCUT2D eigenvalue weighted by Gasteiger charge is -2.41. The predicted octanol–water partition coefficient (Wildman–Crippen LogP) is 5.60. The van der Waals surface area contributed by atoms with Crippen LogP contribution in [-0.4, -0.2) is 47.3 Å². The average molecular weight is 555 g/mol. The van der Waals surface area contributed by atoms with Crippen molar-refractivity contribution in [1.29, 1.82) is 0 Å². The number of nitrogens with one attached hydrogen (secondary N) is 2. The summed E-state index contributed by atoms with van der Waals surface area (Å²) in [5.41, 5.74) is 2.09. The molecule has 1 fully saturated rings. The van der Waals surface area contributed by atoms with Gasteiger partial charge in [0.25, 0.3) is 0 Å². The molecule has 0 spiro atoms. The zero-order valence-electron chi connectivity index (χ0n) is 21.6. The van der Waals surface area contributed by atoms with E-state index < -0.39 is 30.1 Å². The molecule has 9 nitrogen and oxygen atoms in total. The molecule has 204 valence electrons. The number of methoxy groups -OCH3 is 1. The topological polar surface area (TPSA) is 100 Å². The summed E-state index contributed by atoms with van der Waals surface area (Å²) < 4.78 is 24.8. The number of carbonyl (C=O) groups is 3. The van der Waals surface area contributed by atoms with E-state index in [-0.39, 0.29) is 24.9 Å². The van der Waals surface area contributed by atoms with E-state index in [0.717, 1.165) is 10.5 Å². The molecule has 4 rings (SSSR count). The van der Waals surface area contributed by atoms with Gasteiger partial charge in [-0.15, -0.1) is 0 Å². The Hall–Kier alpha value is -4.31. The van der Waals surface area contributed by atoms with Gasteiger partial charge in [0.1, 0.15) is 0 Å². The van der Waals surface area contributed by atoms with Crippen molar-refractivity contribution in [3.8, 4) is 5.75 Å². The van der Waals surface area contributed by atoms with Crippen molar-refractivity contribution >= 4 is 35.3 Å². The maximum atomic E-state index is 14.6. The zero-order valence-corrected chi connectivity index (χ0v) is 22.4. The second-order valence-electron chi connectivity index (χ2n) is 9.12. The largest absolute Gasteiger partial charge is 0.488 e. The Balaban J connectivity index is 1.57. The molecule has 1 unspecified atom stereocenters. The van der Waals surface area contributed by atoms with Crippen LogP contribution in [0.15, 0.2) is 66.7 Å². The number of hydrogen-bond acceptors (Lipinski definition) is 6. The lowest BCUT2D eigenvalue weighted by atomic mass is 10.1. The van der Waals surface area contributed by atoms with Crippen molar-refractivity contribution in [1.82, 2.24) is 15.1 Å². The van der Waals surface area contributed by atoms with Crippen molar-refractivity contribution in [3.05, 3.63) is 94.3 Å². The number of rotatable bonds is 9. The van der Waals surface area contributed by atoms with Crippen LogP contribution < -0.4 is 15.4 Å². The minimum Gasteiger partial charge on any atom is -0.488 e. The summed E-state index contributed by atoms with van der Waals surface area (Å²) in [5.74, 6) is -0.971. The third-order valence-electron chi connectivity index (χ3n) is 5.87. The lowest BCUT2D eigenvalue weighted by molar-refractivity contribution is 0.0600. The number of imide groups is 1. The fraction of sp³-hybridized carbons (Fsp3) is 0.250. The molecule has 1 atom stereocenters. The van der Waals surface area contributed by atoms with Gasteiger partial charge in [-0.1, -0.05) is 35.9 Å². The summed E-state index contributed by atoms with van der Waals surface area (Å²) in [5, 5.41) is 6.35. The first-order valence-corrected chi connectivity index (χ1v) is 12.6. The minimum atomic E-state index is -0.977. The van der Waals surface area contributed by atoms with E-state index in [0.29, 0.717) is 21.8 Å². The first-order valence-electron chi connectivity index (χ1n) is 12.2. The first-order chi connectivity index (χ1) is 18.6. The van der Waals surface area contributed by atoms with Crippen molar-refractivity contribution in [2.45, 2.75) is 39.3 Å². The molecule has 1 aliphatic heterocycles. The third-order valence-corrected chi connectivity index (χ3v) is 6.13. The van der Waals surface area contributed by atoms with E-state index in [1.807, 2.05) is 0 Å². The van der Waals surface area contributed by atoms with Gasteiger partial charge in [0.05, 0.1) is 31.9 Å². The number of urea groups is 2. The third kappa shape index (κ3) is 6.77. The fourth-order valence-corrected chi connectivity index (χ4v) is 4.09. The number of carbonyl (C=O) groups excluding carboxylic acids is 3. The Morgan fingerprint density at radius 2 is 1.67 bits per heavy atom. The zero-order chi connectivity index (χ0) is 28.1. The standard InChI is InChI=1S/C28H28ClFN4O5/c1-17(2)39-24-13-12-22(14-23(24)30)31-26-32-27(36)34(16-18-4-8-20(9-5-18)25(35)38-3)28(37)33(26)15-19-6-10-21(29)11-7-19/h4-14,17,26,31H,15-16H2,1-3H3,(H,32,36). The van der Waals surface area contributed by atoms with Gasteiger partial charge < -0.3 is 14.8 Å². The fourth-order valence-electron chi connectivity index (χ4n) is 3.97. The van der Waals surface area contributed by atoms with Crippen molar-refractivity contribution in [2.24, 2.45) is 0 Å². The van der Waals surface area contributed by atoms with Crippen LogP contribution in [0.1, 0.15) is 35.3 Å². The number of esters is 1. The monoisotopic (exact) mass is 554 g/mol. The lowest BCUT2D eigenvalue weighted by Crippen LogP contribution is -2.66. The van der Waals surface area contributed by atoms with E-state index in [2.05, 4.69) is 10.6 Å².